The van der Waals surface area contributed by atoms with Crippen LogP contribution < -0.4 is 10.4 Å². The van der Waals surface area contributed by atoms with Crippen LogP contribution in [0.4, 0.5) is 0 Å². The third-order valence-electron chi connectivity index (χ3n) is 8.95. The van der Waals surface area contributed by atoms with Crippen molar-refractivity contribution in [3.05, 3.63) is 60.7 Å². The van der Waals surface area contributed by atoms with Gasteiger partial charge in [0.15, 0.2) is 6.29 Å². The van der Waals surface area contributed by atoms with Gasteiger partial charge in [-0.05, 0) is 38.5 Å². The van der Waals surface area contributed by atoms with Crippen molar-refractivity contribution in [3.8, 4) is 0 Å². The molecule has 1 heterocycles. The number of hydrogen-bond donors (Lipinski definition) is 1. The number of ether oxygens (including phenoxy) is 2. The molecule has 1 N–H and O–H groups in total. The Hall–Kier alpha value is -1.33. The maximum Gasteiger partial charge on any atom is 0.261 e. The van der Waals surface area contributed by atoms with Crippen LogP contribution in [-0.4, -0.2) is 60.1 Å². The molecule has 1 fully saturated rings. The van der Waals surface area contributed by atoms with Gasteiger partial charge in [-0.2, -0.15) is 0 Å². The first-order valence-corrected chi connectivity index (χ1v) is 19.1. The molecule has 1 saturated heterocycles. The number of aliphatic hydroxyl groups excluding tert-OH is 1. The molecule has 0 aromatic heterocycles. The van der Waals surface area contributed by atoms with E-state index in [9.17, 15) is 5.11 Å². The van der Waals surface area contributed by atoms with Gasteiger partial charge < -0.3 is 23.4 Å². The molecule has 0 aliphatic carbocycles. The maximum absolute atomic E-state index is 11.2. The Morgan fingerprint density at radius 1 is 0.850 bits per heavy atom. The highest BCUT2D eigenvalue weighted by Gasteiger charge is 2.52. The van der Waals surface area contributed by atoms with Crippen LogP contribution in [0.5, 0.6) is 0 Å². The van der Waals surface area contributed by atoms with Crippen LogP contribution in [0.15, 0.2) is 60.7 Å². The van der Waals surface area contributed by atoms with E-state index < -0.39 is 29.0 Å². The molecule has 2 aromatic rings. The number of methoxy groups -OCH3 is 1. The average Bonchev–Trinajstić information content (AvgIpc) is 2.90. The van der Waals surface area contributed by atoms with Gasteiger partial charge in [0, 0.05) is 20.1 Å². The van der Waals surface area contributed by atoms with Gasteiger partial charge in [-0.1, -0.05) is 123 Å². The Labute approximate surface area is 245 Å². The quantitative estimate of drug-likeness (QED) is 0.283. The zero-order chi connectivity index (χ0) is 29.7. The van der Waals surface area contributed by atoms with Crippen molar-refractivity contribution >= 4 is 27.0 Å². The van der Waals surface area contributed by atoms with Crippen LogP contribution in [-0.2, 0) is 18.3 Å². The summed E-state index contributed by atoms with van der Waals surface area (Å²) >= 11 is 0. The van der Waals surface area contributed by atoms with Crippen LogP contribution in [0.3, 0.4) is 0 Å². The Morgan fingerprint density at radius 3 is 1.73 bits per heavy atom. The molecule has 3 rings (SSSR count). The molecule has 224 valence electrons. The summed E-state index contributed by atoms with van der Waals surface area (Å²) in [6.07, 6.45) is -0.648. The van der Waals surface area contributed by atoms with E-state index in [1.807, 2.05) is 0 Å². The smallest absolute Gasteiger partial charge is 0.261 e. The van der Waals surface area contributed by atoms with Crippen molar-refractivity contribution in [2.24, 2.45) is 0 Å². The van der Waals surface area contributed by atoms with Gasteiger partial charge in [-0.3, -0.25) is 0 Å². The summed E-state index contributed by atoms with van der Waals surface area (Å²) < 4.78 is 26.1. The summed E-state index contributed by atoms with van der Waals surface area (Å²) in [5.41, 5.74) is 1.29. The van der Waals surface area contributed by atoms with Gasteiger partial charge in [-0.25, -0.2) is 0 Å². The predicted octanol–water partition coefficient (Wildman–Crippen LogP) is 6.64. The molecule has 1 aliphatic rings. The summed E-state index contributed by atoms with van der Waals surface area (Å²) in [4.78, 5) is 0. The molecule has 40 heavy (non-hydrogen) atoms. The Balaban J connectivity index is 1.87. The molecular formula is C33H54O5Si2. The van der Waals surface area contributed by atoms with Crippen molar-refractivity contribution in [2.45, 2.75) is 121 Å². The Kier molecular flexibility index (Phi) is 11.4. The summed E-state index contributed by atoms with van der Waals surface area (Å²) in [7, 11) is -3.23. The fraction of sp³-hybridized carbons (Fsp3) is 0.636. The van der Waals surface area contributed by atoms with Gasteiger partial charge in [0.25, 0.3) is 8.32 Å². The number of aliphatic hydroxyl groups is 1. The van der Waals surface area contributed by atoms with Gasteiger partial charge in [0.2, 0.25) is 8.32 Å². The van der Waals surface area contributed by atoms with E-state index >= 15 is 0 Å². The van der Waals surface area contributed by atoms with Crippen molar-refractivity contribution in [1.29, 1.82) is 0 Å². The fourth-order valence-electron chi connectivity index (χ4n) is 7.17. The molecule has 0 saturated carbocycles. The van der Waals surface area contributed by atoms with Gasteiger partial charge >= 0.3 is 0 Å². The van der Waals surface area contributed by atoms with Crippen molar-refractivity contribution < 1.29 is 23.4 Å². The average molecular weight is 587 g/mol. The molecule has 7 heteroatoms. The van der Waals surface area contributed by atoms with Crippen LogP contribution >= 0.6 is 0 Å². The number of benzene rings is 2. The molecule has 1 aliphatic heterocycles. The maximum atomic E-state index is 11.2. The SMILES string of the molecule is CO[C@H]1O[C@H](CCO[Si](c2ccccc2)(c2ccccc2)C(C)(C)C)C[C@@H](O[Si](C(C)C)(C(C)C)C(C)C)[C@@H]1O. The summed E-state index contributed by atoms with van der Waals surface area (Å²) in [5.74, 6) is 0. The fourth-order valence-corrected chi connectivity index (χ4v) is 17.3. The lowest BCUT2D eigenvalue weighted by atomic mass is 10.0. The van der Waals surface area contributed by atoms with Crippen LogP contribution in [0.2, 0.25) is 21.7 Å². The first-order chi connectivity index (χ1) is 18.8. The molecule has 0 unspecified atom stereocenters. The Morgan fingerprint density at radius 2 is 1.32 bits per heavy atom. The van der Waals surface area contributed by atoms with E-state index in [-0.39, 0.29) is 17.2 Å². The topological polar surface area (TPSA) is 57.2 Å². The lowest BCUT2D eigenvalue weighted by molar-refractivity contribution is -0.257. The zero-order valence-electron chi connectivity index (χ0n) is 26.5. The van der Waals surface area contributed by atoms with Gasteiger partial charge in [0.05, 0.1) is 12.2 Å². The first kappa shape index (κ1) is 33.2. The molecule has 0 bridgehead atoms. The highest BCUT2D eigenvalue weighted by Crippen LogP contribution is 2.45. The van der Waals surface area contributed by atoms with E-state index in [0.717, 1.165) is 0 Å². The largest absolute Gasteiger partial charge is 0.410 e. The minimum absolute atomic E-state index is 0.0863. The second-order valence-electron chi connectivity index (χ2n) is 13.4. The summed E-state index contributed by atoms with van der Waals surface area (Å²) in [6.45, 7) is 21.1. The van der Waals surface area contributed by atoms with Crippen molar-refractivity contribution in [1.82, 2.24) is 0 Å². The second-order valence-corrected chi connectivity index (χ2v) is 23.1. The third-order valence-corrected chi connectivity index (χ3v) is 20.1. The normalized spacial score (nSPS) is 22.9. The third kappa shape index (κ3) is 6.67. The van der Waals surface area contributed by atoms with E-state index in [0.29, 0.717) is 36.1 Å². The first-order valence-electron chi connectivity index (χ1n) is 15.1. The summed E-state index contributed by atoms with van der Waals surface area (Å²) in [6, 6.07) is 21.5. The van der Waals surface area contributed by atoms with Crippen LogP contribution in [0, 0.1) is 0 Å². The highest BCUT2D eigenvalue weighted by molar-refractivity contribution is 6.99. The van der Waals surface area contributed by atoms with E-state index in [4.69, 9.17) is 18.3 Å². The van der Waals surface area contributed by atoms with E-state index in [2.05, 4.69) is 123 Å². The minimum atomic E-state index is -2.63. The number of rotatable bonds is 12. The standard InChI is InChI=1S/C33H54O5Si2/c1-24(2)39(25(3)4,26(5)6)38-30-23-27(37-32(35-10)31(30)34)21-22-36-40(33(7,8)9,28-17-13-11-14-18-28)29-19-15-12-16-20-29/h11-20,24-27,30-32,34H,21-23H2,1-10H3/t27-,30-,31+,32+/m1/s1. The predicted molar refractivity (Wildman–Crippen MR) is 170 cm³/mol. The molecule has 4 atom stereocenters. The molecule has 0 spiro atoms. The second kappa shape index (κ2) is 13.8. The molecule has 0 amide bonds. The van der Waals surface area contributed by atoms with Gasteiger partial charge in [-0.15, -0.1) is 0 Å². The highest BCUT2D eigenvalue weighted by atomic mass is 28.4. The lowest BCUT2D eigenvalue weighted by Crippen LogP contribution is -2.66. The van der Waals surface area contributed by atoms with Crippen molar-refractivity contribution in [3.63, 3.8) is 0 Å². The van der Waals surface area contributed by atoms with E-state index in [1.165, 1.54) is 10.4 Å². The Bertz CT molecular complexity index is 961. The lowest BCUT2D eigenvalue weighted by Gasteiger charge is -2.48. The zero-order valence-corrected chi connectivity index (χ0v) is 28.5. The monoisotopic (exact) mass is 586 g/mol. The van der Waals surface area contributed by atoms with E-state index in [1.54, 1.807) is 7.11 Å². The van der Waals surface area contributed by atoms with Crippen LogP contribution in [0.25, 0.3) is 0 Å². The number of hydrogen-bond acceptors (Lipinski definition) is 5. The molecule has 5 nitrogen and oxygen atoms in total. The summed E-state index contributed by atoms with van der Waals surface area (Å²) in [5, 5.41) is 13.7. The molecule has 2 aromatic carbocycles. The molecular weight excluding hydrogens is 533 g/mol. The minimum Gasteiger partial charge on any atom is -0.410 e. The van der Waals surface area contributed by atoms with Gasteiger partial charge in [0.1, 0.15) is 6.10 Å². The van der Waals surface area contributed by atoms with Crippen LogP contribution in [0.1, 0.15) is 75.2 Å². The van der Waals surface area contributed by atoms with Crippen molar-refractivity contribution in [2.75, 3.05) is 13.7 Å². The molecule has 0 radical (unpaired) electrons.